The number of aryl methyl sites for hydroxylation is 1. The standard InChI is InChI=1S/C21H28N6O4S.H2/c1-4-14-9-16(11-24-19(14)22)25-20(28)21(29)27-12-13(2)5-7-17(27)15-6-8-18(23-10-15)26-32(3,30)31;/h6,8-11,13,17H,4-5,7,12H2,1-3H3,(H2,22,24)(H,23,26)(H,25,28);1H/t13-,17+;/m0./s1. The lowest BCUT2D eigenvalue weighted by Crippen LogP contribution is -2.46. The maximum atomic E-state index is 13.1. The van der Waals surface area contributed by atoms with Crippen LogP contribution >= 0.6 is 0 Å². The summed E-state index contributed by atoms with van der Waals surface area (Å²) in [5.41, 5.74) is 7.74. The molecule has 0 aromatic carbocycles. The van der Waals surface area contributed by atoms with E-state index in [2.05, 4.69) is 20.0 Å². The monoisotopic (exact) mass is 462 g/mol. The van der Waals surface area contributed by atoms with Crippen LogP contribution in [0.4, 0.5) is 17.3 Å². The first-order valence-corrected chi connectivity index (χ1v) is 12.3. The summed E-state index contributed by atoms with van der Waals surface area (Å²) >= 11 is 0. The zero-order chi connectivity index (χ0) is 23.5. The van der Waals surface area contributed by atoms with Gasteiger partial charge in [-0.15, -0.1) is 0 Å². The average Bonchev–Trinajstić information content (AvgIpc) is 2.74. The number of carbonyl (C=O) groups excluding carboxylic acids is 2. The van der Waals surface area contributed by atoms with Crippen LogP contribution in [0.5, 0.6) is 0 Å². The van der Waals surface area contributed by atoms with Gasteiger partial charge in [-0.1, -0.05) is 19.9 Å². The Hall–Kier alpha value is -3.21. The largest absolute Gasteiger partial charge is 0.383 e. The minimum absolute atomic E-state index is 0. The number of hydrogen-bond acceptors (Lipinski definition) is 7. The number of amides is 2. The summed E-state index contributed by atoms with van der Waals surface area (Å²) in [6.45, 7) is 4.39. The number of piperidine rings is 1. The van der Waals surface area contributed by atoms with Gasteiger partial charge in [-0.25, -0.2) is 18.4 Å². The van der Waals surface area contributed by atoms with Crippen LogP contribution in [0.3, 0.4) is 0 Å². The average molecular weight is 463 g/mol. The molecule has 174 valence electrons. The Bertz CT molecular complexity index is 1110. The third-order valence-electron chi connectivity index (χ3n) is 5.37. The second-order valence-corrected chi connectivity index (χ2v) is 9.83. The maximum absolute atomic E-state index is 13.1. The van der Waals surface area contributed by atoms with Crippen molar-refractivity contribution in [3.8, 4) is 0 Å². The summed E-state index contributed by atoms with van der Waals surface area (Å²) in [5.74, 6) is -0.565. The van der Waals surface area contributed by atoms with Crippen LogP contribution in [0.25, 0.3) is 0 Å². The predicted octanol–water partition coefficient (Wildman–Crippen LogP) is 2.18. The third-order valence-corrected chi connectivity index (χ3v) is 5.95. The number of likely N-dealkylation sites (tertiary alicyclic amines) is 1. The van der Waals surface area contributed by atoms with E-state index in [4.69, 9.17) is 5.73 Å². The zero-order valence-corrected chi connectivity index (χ0v) is 19.1. The van der Waals surface area contributed by atoms with Crippen molar-refractivity contribution in [3.63, 3.8) is 0 Å². The van der Waals surface area contributed by atoms with E-state index in [9.17, 15) is 18.0 Å². The van der Waals surface area contributed by atoms with E-state index in [-0.39, 0.29) is 19.2 Å². The van der Waals surface area contributed by atoms with Gasteiger partial charge in [0.25, 0.3) is 0 Å². The van der Waals surface area contributed by atoms with Crippen LogP contribution in [0.2, 0.25) is 0 Å². The summed E-state index contributed by atoms with van der Waals surface area (Å²) in [5, 5.41) is 2.62. The summed E-state index contributed by atoms with van der Waals surface area (Å²) in [6, 6.07) is 4.64. The first-order valence-electron chi connectivity index (χ1n) is 10.4. The van der Waals surface area contributed by atoms with E-state index in [0.717, 1.165) is 23.8 Å². The van der Waals surface area contributed by atoms with Crippen LogP contribution in [0, 0.1) is 5.92 Å². The normalized spacial score (nSPS) is 18.8. The lowest BCUT2D eigenvalue weighted by atomic mass is 9.90. The molecule has 4 N–H and O–H groups in total. The number of sulfonamides is 1. The van der Waals surface area contributed by atoms with E-state index in [0.29, 0.717) is 30.9 Å². The molecule has 0 radical (unpaired) electrons. The third kappa shape index (κ3) is 5.72. The molecule has 1 fully saturated rings. The summed E-state index contributed by atoms with van der Waals surface area (Å²) in [6.07, 6.45) is 6.21. The van der Waals surface area contributed by atoms with Crippen LogP contribution in [0.1, 0.15) is 45.3 Å². The molecule has 0 spiro atoms. The lowest BCUT2D eigenvalue weighted by Gasteiger charge is -2.38. The molecule has 2 aromatic heterocycles. The SMILES string of the molecule is CCc1cc(NC(=O)C(=O)N2C[C@@H](C)CC[C@@H]2c2ccc(NS(C)(=O)=O)nc2)cnc1N.[HH]. The molecule has 1 saturated heterocycles. The molecular formula is C21H30N6O4S. The van der Waals surface area contributed by atoms with Gasteiger partial charge in [0.05, 0.1) is 24.2 Å². The molecule has 0 bridgehead atoms. The van der Waals surface area contributed by atoms with Gasteiger partial charge in [-0.2, -0.15) is 0 Å². The highest BCUT2D eigenvalue weighted by Crippen LogP contribution is 2.33. The molecule has 3 heterocycles. The van der Waals surface area contributed by atoms with E-state index < -0.39 is 21.8 Å². The molecule has 11 heteroatoms. The van der Waals surface area contributed by atoms with Gasteiger partial charge >= 0.3 is 11.8 Å². The fourth-order valence-electron chi connectivity index (χ4n) is 3.76. The molecule has 0 aliphatic carbocycles. The molecule has 2 amide bonds. The van der Waals surface area contributed by atoms with Gasteiger partial charge in [-0.05, 0) is 48.4 Å². The number of nitrogens with one attached hydrogen (secondary N) is 2. The molecule has 0 saturated carbocycles. The Kier molecular flexibility index (Phi) is 6.97. The second-order valence-electron chi connectivity index (χ2n) is 8.08. The van der Waals surface area contributed by atoms with Crippen molar-refractivity contribution in [2.45, 2.75) is 39.2 Å². The number of carbonyl (C=O) groups is 2. The van der Waals surface area contributed by atoms with Gasteiger partial charge < -0.3 is 16.0 Å². The number of rotatable bonds is 5. The molecule has 1 aliphatic rings. The van der Waals surface area contributed by atoms with Gasteiger partial charge in [0.1, 0.15) is 11.6 Å². The first kappa shape index (κ1) is 23.5. The molecule has 0 unspecified atom stereocenters. The number of nitrogens with zero attached hydrogens (tertiary/aromatic N) is 3. The highest BCUT2D eigenvalue weighted by molar-refractivity contribution is 7.92. The molecule has 10 nitrogen and oxygen atoms in total. The fourth-order valence-corrected chi connectivity index (χ4v) is 4.26. The highest BCUT2D eigenvalue weighted by Gasteiger charge is 2.34. The minimum Gasteiger partial charge on any atom is -0.383 e. The number of nitrogen functional groups attached to an aromatic ring is 1. The van der Waals surface area contributed by atoms with E-state index in [1.807, 2.05) is 13.8 Å². The molecular weight excluding hydrogens is 432 g/mol. The van der Waals surface area contributed by atoms with Gasteiger partial charge in [0, 0.05) is 14.2 Å². The van der Waals surface area contributed by atoms with Crippen LogP contribution < -0.4 is 15.8 Å². The van der Waals surface area contributed by atoms with Crippen molar-refractivity contribution in [1.82, 2.24) is 14.9 Å². The quantitative estimate of drug-likeness (QED) is 0.577. The Morgan fingerprint density at radius 1 is 1.25 bits per heavy atom. The van der Waals surface area contributed by atoms with E-state index >= 15 is 0 Å². The van der Waals surface area contributed by atoms with Crippen molar-refractivity contribution in [2.75, 3.05) is 28.6 Å². The molecule has 2 atom stereocenters. The van der Waals surface area contributed by atoms with Crippen LogP contribution in [-0.4, -0.2) is 47.9 Å². The van der Waals surface area contributed by atoms with Crippen molar-refractivity contribution in [3.05, 3.63) is 41.7 Å². The smallest absolute Gasteiger partial charge is 0.313 e. The Morgan fingerprint density at radius 2 is 2.00 bits per heavy atom. The summed E-state index contributed by atoms with van der Waals surface area (Å²) in [7, 11) is -3.44. The maximum Gasteiger partial charge on any atom is 0.313 e. The number of aromatic nitrogens is 2. The van der Waals surface area contributed by atoms with Gasteiger partial charge in [0.2, 0.25) is 10.0 Å². The molecule has 32 heavy (non-hydrogen) atoms. The fraction of sp³-hybridized carbons (Fsp3) is 0.429. The predicted molar refractivity (Wildman–Crippen MR) is 124 cm³/mol. The number of anilines is 3. The van der Waals surface area contributed by atoms with E-state index in [1.54, 1.807) is 23.1 Å². The first-order chi connectivity index (χ1) is 15.1. The summed E-state index contributed by atoms with van der Waals surface area (Å²) in [4.78, 5) is 35.6. The van der Waals surface area contributed by atoms with Crippen molar-refractivity contribution in [2.24, 2.45) is 5.92 Å². The van der Waals surface area contributed by atoms with Gasteiger partial charge in [0.15, 0.2) is 0 Å². The Morgan fingerprint density at radius 3 is 2.62 bits per heavy atom. The van der Waals surface area contributed by atoms with Crippen LogP contribution in [0.15, 0.2) is 30.6 Å². The Labute approximate surface area is 189 Å². The zero-order valence-electron chi connectivity index (χ0n) is 18.3. The van der Waals surface area contributed by atoms with Crippen molar-refractivity contribution in [1.29, 1.82) is 0 Å². The van der Waals surface area contributed by atoms with Gasteiger partial charge in [-0.3, -0.25) is 14.3 Å². The number of nitrogens with two attached hydrogens (primary N) is 1. The van der Waals surface area contributed by atoms with Crippen LogP contribution in [-0.2, 0) is 26.0 Å². The Balaban J connectivity index is 0.00000385. The minimum atomic E-state index is -3.44. The molecule has 1 aliphatic heterocycles. The number of hydrogen-bond donors (Lipinski definition) is 3. The molecule has 2 aromatic rings. The number of pyridine rings is 2. The second kappa shape index (κ2) is 9.51. The highest BCUT2D eigenvalue weighted by atomic mass is 32.2. The topological polar surface area (TPSA) is 147 Å². The summed E-state index contributed by atoms with van der Waals surface area (Å²) < 4.78 is 25.1. The van der Waals surface area contributed by atoms with Crippen molar-refractivity contribution < 1.29 is 19.4 Å². The van der Waals surface area contributed by atoms with E-state index in [1.165, 1.54) is 12.4 Å². The molecule has 3 rings (SSSR count). The van der Waals surface area contributed by atoms with Crippen molar-refractivity contribution >= 4 is 39.2 Å². The lowest BCUT2D eigenvalue weighted by molar-refractivity contribution is -0.146.